The van der Waals surface area contributed by atoms with Gasteiger partial charge in [-0.2, -0.15) is 0 Å². The predicted octanol–water partition coefficient (Wildman–Crippen LogP) is -6.65. The number of aliphatic hydroxyl groups excluding tert-OH is 6. The molecule has 0 bridgehead atoms. The van der Waals surface area contributed by atoms with Crippen LogP contribution in [0.2, 0.25) is 0 Å². The van der Waals surface area contributed by atoms with Gasteiger partial charge >= 0.3 is 0 Å². The molecule has 0 amide bonds. The summed E-state index contributed by atoms with van der Waals surface area (Å²) in [6, 6.07) is -2.72. The topological polar surface area (TPSA) is 262 Å². The number of aliphatic hydroxyl groups is 6. The van der Waals surface area contributed by atoms with E-state index in [1.54, 1.807) is 0 Å². The first-order valence-corrected chi connectivity index (χ1v) is 10.2. The van der Waals surface area contributed by atoms with Crippen LogP contribution in [0.15, 0.2) is 0 Å². The van der Waals surface area contributed by atoms with Crippen LogP contribution in [0.25, 0.3) is 0 Å². The minimum atomic E-state index is -1.51. The van der Waals surface area contributed by atoms with Crippen LogP contribution in [0.3, 0.4) is 0 Å². The van der Waals surface area contributed by atoms with Crippen LogP contribution < -0.4 is 22.9 Å². The van der Waals surface area contributed by atoms with E-state index in [9.17, 15) is 30.6 Å². The van der Waals surface area contributed by atoms with Crippen LogP contribution >= 0.6 is 0 Å². The highest BCUT2D eigenvalue weighted by molar-refractivity contribution is 5.01. The average molecular weight is 454 g/mol. The molecule has 2 saturated heterocycles. The molecule has 1 aliphatic carbocycles. The van der Waals surface area contributed by atoms with Gasteiger partial charge in [-0.05, 0) is 6.42 Å². The van der Waals surface area contributed by atoms with Crippen LogP contribution in [0, 0.1) is 0 Å². The molecule has 0 aromatic heterocycles. The highest BCUT2D eigenvalue weighted by atomic mass is 16.7. The van der Waals surface area contributed by atoms with Crippen molar-refractivity contribution in [3.05, 3.63) is 0 Å². The summed E-state index contributed by atoms with van der Waals surface area (Å²) in [6.45, 7) is -0.673. The van der Waals surface area contributed by atoms with Gasteiger partial charge in [0.25, 0.3) is 0 Å². The lowest BCUT2D eigenvalue weighted by molar-refractivity contribution is -0.306. The Labute approximate surface area is 178 Å². The first-order chi connectivity index (χ1) is 14.6. The Bertz CT molecular complexity index is 591. The lowest BCUT2D eigenvalue weighted by atomic mass is 9.84. The Hall–Kier alpha value is -0.560. The van der Waals surface area contributed by atoms with Gasteiger partial charge in [0.1, 0.15) is 48.8 Å². The van der Waals surface area contributed by atoms with Crippen molar-refractivity contribution in [3.8, 4) is 0 Å². The number of hydrogen-bond acceptors (Lipinski definition) is 14. The summed E-state index contributed by atoms with van der Waals surface area (Å²) in [5.74, 6) is 0. The second-order valence-electron chi connectivity index (χ2n) is 8.30. The van der Waals surface area contributed by atoms with Crippen molar-refractivity contribution in [3.63, 3.8) is 0 Å². The Morgan fingerprint density at radius 1 is 0.710 bits per heavy atom. The van der Waals surface area contributed by atoms with Gasteiger partial charge in [-0.15, -0.1) is 0 Å². The van der Waals surface area contributed by atoms with Gasteiger partial charge in [-0.25, -0.2) is 0 Å². The fourth-order valence-corrected chi connectivity index (χ4v) is 4.16. The molecule has 14 heteroatoms. The molecule has 2 heterocycles. The van der Waals surface area contributed by atoms with Crippen molar-refractivity contribution >= 4 is 0 Å². The Kier molecular flexibility index (Phi) is 8.21. The zero-order valence-corrected chi connectivity index (χ0v) is 16.8. The van der Waals surface area contributed by atoms with E-state index in [4.69, 9.17) is 41.9 Å². The standard InChI is InChI=1S/C17H34N4O10/c18-2-6-10(24)12(26)8(21)16(28-6)30-14-5(20)1-4(19)9(23)15(14)31-17-13(27)11(25)7(3-22)29-17/h4-17,22-27H,1-3,18-21H2/t4-,5+,6-,7-,8+,9-,10+,11+,12-,13+,14+,15-,16+,17+/m0/s1. The van der Waals surface area contributed by atoms with Gasteiger partial charge in [0.15, 0.2) is 12.6 Å². The van der Waals surface area contributed by atoms with Crippen LogP contribution in [-0.2, 0) is 18.9 Å². The first kappa shape index (κ1) is 25.1. The van der Waals surface area contributed by atoms with Crippen LogP contribution in [0.5, 0.6) is 0 Å². The van der Waals surface area contributed by atoms with E-state index < -0.39 is 92.2 Å². The summed E-state index contributed by atoms with van der Waals surface area (Å²) in [5, 5.41) is 60.2. The molecule has 3 fully saturated rings. The van der Waals surface area contributed by atoms with Crippen molar-refractivity contribution in [1.82, 2.24) is 0 Å². The molecule has 3 rings (SSSR count). The third-order valence-electron chi connectivity index (χ3n) is 6.13. The minimum Gasteiger partial charge on any atom is -0.394 e. The Morgan fingerprint density at radius 3 is 1.87 bits per heavy atom. The second kappa shape index (κ2) is 10.1. The third-order valence-corrected chi connectivity index (χ3v) is 6.13. The summed E-state index contributed by atoms with van der Waals surface area (Å²) in [4.78, 5) is 0. The van der Waals surface area contributed by atoms with Crippen LogP contribution in [-0.4, -0.2) is 129 Å². The van der Waals surface area contributed by atoms with Gasteiger partial charge in [-0.3, -0.25) is 0 Å². The molecule has 0 unspecified atom stereocenters. The predicted molar refractivity (Wildman–Crippen MR) is 102 cm³/mol. The number of nitrogens with two attached hydrogens (primary N) is 4. The minimum absolute atomic E-state index is 0.114. The molecule has 14 nitrogen and oxygen atoms in total. The van der Waals surface area contributed by atoms with Crippen molar-refractivity contribution in [2.75, 3.05) is 13.2 Å². The van der Waals surface area contributed by atoms with E-state index >= 15 is 0 Å². The van der Waals surface area contributed by atoms with Crippen molar-refractivity contribution < 1.29 is 49.6 Å². The second-order valence-corrected chi connectivity index (χ2v) is 8.30. The fraction of sp³-hybridized carbons (Fsp3) is 1.00. The van der Waals surface area contributed by atoms with E-state index in [0.717, 1.165) is 0 Å². The molecule has 0 aromatic carbocycles. The molecule has 0 spiro atoms. The maximum absolute atomic E-state index is 10.6. The maximum Gasteiger partial charge on any atom is 0.187 e. The molecule has 14 atom stereocenters. The molecule has 31 heavy (non-hydrogen) atoms. The number of rotatable bonds is 6. The number of ether oxygens (including phenoxy) is 4. The van der Waals surface area contributed by atoms with Gasteiger partial charge < -0.3 is 72.5 Å². The molecule has 0 radical (unpaired) electrons. The molecular formula is C17H34N4O10. The van der Waals surface area contributed by atoms with E-state index in [-0.39, 0.29) is 13.0 Å². The van der Waals surface area contributed by atoms with Gasteiger partial charge in [0, 0.05) is 18.6 Å². The normalized spacial score (nSPS) is 53.6. The molecular weight excluding hydrogens is 420 g/mol. The van der Waals surface area contributed by atoms with Gasteiger partial charge in [0.2, 0.25) is 0 Å². The van der Waals surface area contributed by atoms with Crippen LogP contribution in [0.4, 0.5) is 0 Å². The first-order valence-electron chi connectivity index (χ1n) is 10.2. The summed E-state index contributed by atoms with van der Waals surface area (Å²) in [6.07, 6.45) is -13.8. The van der Waals surface area contributed by atoms with E-state index in [2.05, 4.69) is 0 Å². The quantitative estimate of drug-likeness (QED) is 0.179. The van der Waals surface area contributed by atoms with Crippen molar-refractivity contribution in [1.29, 1.82) is 0 Å². The van der Waals surface area contributed by atoms with Crippen molar-refractivity contribution in [2.45, 2.75) is 92.1 Å². The monoisotopic (exact) mass is 454 g/mol. The Morgan fingerprint density at radius 2 is 1.29 bits per heavy atom. The van der Waals surface area contributed by atoms with E-state index in [0.29, 0.717) is 0 Å². The summed E-state index contributed by atoms with van der Waals surface area (Å²) in [7, 11) is 0. The maximum atomic E-state index is 10.6. The fourth-order valence-electron chi connectivity index (χ4n) is 4.16. The SMILES string of the molecule is NC[C@@H]1O[C@H](O[C@H]2[C@@H](O[C@H]3O[C@@H](CO)[C@@H](O)[C@H]3O)[C@@H](O)[C@@H](N)C[C@H]2N)[C@H](N)[C@H](O)[C@@H]1O. The third kappa shape index (κ3) is 4.87. The number of hydrogen-bond donors (Lipinski definition) is 10. The lowest BCUT2D eigenvalue weighted by Gasteiger charge is -2.47. The lowest BCUT2D eigenvalue weighted by Crippen LogP contribution is -2.68. The largest absolute Gasteiger partial charge is 0.394 e. The zero-order valence-electron chi connectivity index (χ0n) is 16.8. The zero-order chi connectivity index (χ0) is 23.0. The highest BCUT2D eigenvalue weighted by Gasteiger charge is 2.52. The summed E-state index contributed by atoms with van der Waals surface area (Å²) < 4.78 is 22.5. The molecule has 14 N–H and O–H groups in total. The van der Waals surface area contributed by atoms with E-state index in [1.807, 2.05) is 0 Å². The molecule has 1 saturated carbocycles. The summed E-state index contributed by atoms with van der Waals surface area (Å²) >= 11 is 0. The van der Waals surface area contributed by atoms with Gasteiger partial charge in [0.05, 0.1) is 18.8 Å². The van der Waals surface area contributed by atoms with E-state index in [1.165, 1.54) is 0 Å². The molecule has 3 aliphatic rings. The van der Waals surface area contributed by atoms with Crippen molar-refractivity contribution in [2.24, 2.45) is 22.9 Å². The van der Waals surface area contributed by atoms with Gasteiger partial charge in [-0.1, -0.05) is 0 Å². The smallest absolute Gasteiger partial charge is 0.187 e. The molecule has 0 aromatic rings. The highest BCUT2D eigenvalue weighted by Crippen LogP contribution is 2.31. The molecule has 182 valence electrons. The molecule has 2 aliphatic heterocycles. The average Bonchev–Trinajstić information content (AvgIpc) is 3.02. The Balaban J connectivity index is 1.78. The van der Waals surface area contributed by atoms with Crippen LogP contribution in [0.1, 0.15) is 6.42 Å². The summed E-state index contributed by atoms with van der Waals surface area (Å²) in [5.41, 5.74) is 23.6.